The quantitative estimate of drug-likeness (QED) is 0.421. The van der Waals surface area contributed by atoms with Crippen molar-refractivity contribution >= 4 is 19.9 Å². The van der Waals surface area contributed by atoms with Crippen molar-refractivity contribution in [3.63, 3.8) is 0 Å². The molecule has 1 aromatic carbocycles. The zero-order valence-electron chi connectivity index (χ0n) is 11.7. The molecule has 0 aliphatic carbocycles. The van der Waals surface area contributed by atoms with Crippen LogP contribution in [-0.2, 0) is 4.43 Å². The predicted octanol–water partition coefficient (Wildman–Crippen LogP) is 4.76. The van der Waals surface area contributed by atoms with E-state index in [0.29, 0.717) is 0 Å². The Hall–Kier alpha value is -1.09. The Bertz CT molecular complexity index is 390. The molecule has 0 bridgehead atoms. The van der Waals surface area contributed by atoms with Gasteiger partial charge in [-0.05, 0) is 30.3 Å². The second-order valence-corrected chi connectivity index (χ2v) is 10.6. The van der Waals surface area contributed by atoms with Crippen LogP contribution in [0.25, 0.3) is 0 Å². The van der Waals surface area contributed by atoms with E-state index >= 15 is 0 Å². The van der Waals surface area contributed by atoms with Gasteiger partial charge in [0.25, 0.3) is 8.32 Å². The van der Waals surface area contributed by atoms with E-state index < -0.39 is 8.32 Å². The SMILES string of the molecule is CC(=Nc1ccccc1)O[Si](C)(C)C(C)(C)C. The van der Waals surface area contributed by atoms with Crippen molar-refractivity contribution in [2.75, 3.05) is 0 Å². The van der Waals surface area contributed by atoms with Gasteiger partial charge in [-0.15, -0.1) is 0 Å². The fraction of sp³-hybridized carbons (Fsp3) is 0.500. The molecule has 0 N–H and O–H groups in total. The first-order chi connectivity index (χ1) is 7.72. The average molecular weight is 249 g/mol. The highest BCUT2D eigenvalue weighted by Gasteiger charge is 2.39. The van der Waals surface area contributed by atoms with Crippen LogP contribution in [0.2, 0.25) is 18.1 Å². The van der Waals surface area contributed by atoms with Gasteiger partial charge < -0.3 is 4.43 Å². The summed E-state index contributed by atoms with van der Waals surface area (Å²) in [5, 5.41) is 0.209. The van der Waals surface area contributed by atoms with Crippen LogP contribution in [0.4, 0.5) is 5.69 Å². The molecule has 0 aliphatic rings. The third kappa shape index (κ3) is 4.00. The molecular formula is C14H23NOSi. The number of benzene rings is 1. The van der Waals surface area contributed by atoms with Gasteiger partial charge in [0.1, 0.15) is 0 Å². The van der Waals surface area contributed by atoms with Crippen LogP contribution in [0.5, 0.6) is 0 Å². The van der Waals surface area contributed by atoms with Gasteiger partial charge in [0.05, 0.1) is 5.69 Å². The van der Waals surface area contributed by atoms with Gasteiger partial charge in [0.15, 0.2) is 5.90 Å². The number of nitrogens with zero attached hydrogens (tertiary/aromatic N) is 1. The van der Waals surface area contributed by atoms with Crippen LogP contribution in [-0.4, -0.2) is 14.2 Å². The molecule has 0 heterocycles. The van der Waals surface area contributed by atoms with Crippen molar-refractivity contribution in [2.24, 2.45) is 4.99 Å². The summed E-state index contributed by atoms with van der Waals surface area (Å²) in [4.78, 5) is 4.49. The summed E-state index contributed by atoms with van der Waals surface area (Å²) in [5.74, 6) is 0.766. The summed E-state index contributed by atoms with van der Waals surface area (Å²) < 4.78 is 6.10. The third-order valence-corrected chi connectivity index (χ3v) is 7.67. The van der Waals surface area contributed by atoms with Crippen molar-refractivity contribution in [3.8, 4) is 0 Å². The maximum atomic E-state index is 6.10. The summed E-state index contributed by atoms with van der Waals surface area (Å²) in [6.07, 6.45) is 0. The lowest BCUT2D eigenvalue weighted by molar-refractivity contribution is 0.483. The molecule has 0 saturated carbocycles. The number of hydrogen-bond donors (Lipinski definition) is 0. The lowest BCUT2D eigenvalue weighted by Gasteiger charge is -2.36. The average Bonchev–Trinajstić information content (AvgIpc) is 2.16. The van der Waals surface area contributed by atoms with E-state index in [1.807, 2.05) is 37.3 Å². The van der Waals surface area contributed by atoms with Gasteiger partial charge in [-0.2, -0.15) is 0 Å². The highest BCUT2D eigenvalue weighted by Crippen LogP contribution is 2.36. The van der Waals surface area contributed by atoms with E-state index in [9.17, 15) is 0 Å². The monoisotopic (exact) mass is 249 g/mol. The normalized spacial score (nSPS) is 13.6. The zero-order valence-corrected chi connectivity index (χ0v) is 12.7. The minimum atomic E-state index is -1.75. The highest BCUT2D eigenvalue weighted by atomic mass is 28.4. The van der Waals surface area contributed by atoms with Gasteiger partial charge >= 0.3 is 0 Å². The molecule has 1 rings (SSSR count). The fourth-order valence-electron chi connectivity index (χ4n) is 1.23. The topological polar surface area (TPSA) is 21.6 Å². The number of para-hydroxylation sites is 1. The van der Waals surface area contributed by atoms with Gasteiger partial charge in [-0.25, -0.2) is 4.99 Å². The van der Waals surface area contributed by atoms with Crippen LogP contribution in [0.15, 0.2) is 35.3 Å². The first-order valence-electron chi connectivity index (χ1n) is 6.02. The lowest BCUT2D eigenvalue weighted by Crippen LogP contribution is -2.42. The summed E-state index contributed by atoms with van der Waals surface area (Å²) in [7, 11) is -1.75. The van der Waals surface area contributed by atoms with Crippen LogP contribution < -0.4 is 0 Å². The Morgan fingerprint density at radius 3 is 2.12 bits per heavy atom. The Labute approximate surface area is 106 Å². The molecule has 17 heavy (non-hydrogen) atoms. The maximum absolute atomic E-state index is 6.10. The fourth-order valence-corrected chi connectivity index (χ4v) is 2.32. The maximum Gasteiger partial charge on any atom is 0.252 e. The van der Waals surface area contributed by atoms with Gasteiger partial charge in [0.2, 0.25) is 0 Å². The van der Waals surface area contributed by atoms with Crippen LogP contribution in [0.3, 0.4) is 0 Å². The van der Waals surface area contributed by atoms with E-state index in [1.54, 1.807) is 0 Å². The summed E-state index contributed by atoms with van der Waals surface area (Å²) >= 11 is 0. The van der Waals surface area contributed by atoms with Crippen LogP contribution in [0.1, 0.15) is 27.7 Å². The molecule has 1 aromatic rings. The van der Waals surface area contributed by atoms with E-state index in [4.69, 9.17) is 4.43 Å². The van der Waals surface area contributed by atoms with Crippen LogP contribution >= 0.6 is 0 Å². The number of aliphatic imine (C=N–C) groups is 1. The highest BCUT2D eigenvalue weighted by molar-refractivity contribution is 6.75. The first kappa shape index (κ1) is 14.0. The Balaban J connectivity index is 2.80. The molecule has 0 aromatic heterocycles. The Morgan fingerprint density at radius 2 is 1.65 bits per heavy atom. The molecule has 0 spiro atoms. The van der Waals surface area contributed by atoms with E-state index in [2.05, 4.69) is 38.9 Å². The van der Waals surface area contributed by atoms with Crippen molar-refractivity contribution < 1.29 is 4.43 Å². The number of hydrogen-bond acceptors (Lipinski definition) is 2. The second kappa shape index (κ2) is 5.04. The minimum Gasteiger partial charge on any atom is -0.534 e. The Morgan fingerprint density at radius 1 is 1.12 bits per heavy atom. The van der Waals surface area contributed by atoms with Crippen molar-refractivity contribution in [1.29, 1.82) is 0 Å². The van der Waals surface area contributed by atoms with Crippen LogP contribution in [0, 0.1) is 0 Å². The van der Waals surface area contributed by atoms with E-state index in [-0.39, 0.29) is 5.04 Å². The molecule has 0 aliphatic heterocycles. The zero-order chi connectivity index (χ0) is 13.1. The summed E-state index contributed by atoms with van der Waals surface area (Å²) in [6, 6.07) is 9.93. The largest absolute Gasteiger partial charge is 0.534 e. The van der Waals surface area contributed by atoms with Crippen molar-refractivity contribution in [2.45, 2.75) is 45.8 Å². The standard InChI is InChI=1S/C14H23NOSi/c1-12(15-13-10-8-7-9-11-13)16-17(5,6)14(2,3)4/h7-11H,1-6H3. The molecule has 94 valence electrons. The van der Waals surface area contributed by atoms with E-state index in [1.165, 1.54) is 0 Å². The molecule has 0 unspecified atom stereocenters. The predicted molar refractivity (Wildman–Crippen MR) is 77.5 cm³/mol. The van der Waals surface area contributed by atoms with E-state index in [0.717, 1.165) is 11.6 Å². The summed E-state index contributed by atoms with van der Waals surface area (Å²) in [6.45, 7) is 13.1. The molecule has 0 fully saturated rings. The molecule has 0 radical (unpaired) electrons. The molecule has 3 heteroatoms. The lowest BCUT2D eigenvalue weighted by atomic mass is 10.2. The van der Waals surface area contributed by atoms with Gasteiger partial charge in [0, 0.05) is 6.92 Å². The second-order valence-electron chi connectivity index (χ2n) is 5.83. The van der Waals surface area contributed by atoms with Crippen molar-refractivity contribution in [1.82, 2.24) is 0 Å². The molecule has 0 amide bonds. The molecule has 0 atom stereocenters. The third-order valence-electron chi connectivity index (χ3n) is 3.25. The smallest absolute Gasteiger partial charge is 0.252 e. The minimum absolute atomic E-state index is 0.209. The molecular weight excluding hydrogens is 226 g/mol. The van der Waals surface area contributed by atoms with Gasteiger partial charge in [-0.1, -0.05) is 39.0 Å². The Kier molecular flexibility index (Phi) is 4.15. The van der Waals surface area contributed by atoms with Crippen molar-refractivity contribution in [3.05, 3.63) is 30.3 Å². The molecule has 0 saturated heterocycles. The number of rotatable bonds is 2. The molecule has 2 nitrogen and oxygen atoms in total. The van der Waals surface area contributed by atoms with Gasteiger partial charge in [-0.3, -0.25) is 0 Å². The summed E-state index contributed by atoms with van der Waals surface area (Å²) in [5.41, 5.74) is 0.948. The first-order valence-corrected chi connectivity index (χ1v) is 8.92.